The first-order chi connectivity index (χ1) is 7.00. The zero-order chi connectivity index (χ0) is 11.5. The van der Waals surface area contributed by atoms with Crippen molar-refractivity contribution in [3.05, 3.63) is 23.8 Å². The van der Waals surface area contributed by atoms with Gasteiger partial charge >= 0.3 is 0 Å². The van der Waals surface area contributed by atoms with Gasteiger partial charge in [-0.1, -0.05) is 6.07 Å². The van der Waals surface area contributed by atoms with E-state index in [-0.39, 0.29) is 17.9 Å². The van der Waals surface area contributed by atoms with E-state index < -0.39 is 10.0 Å². The highest BCUT2D eigenvalue weighted by molar-refractivity contribution is 7.89. The first kappa shape index (κ1) is 12.0. The van der Waals surface area contributed by atoms with Crippen LogP contribution >= 0.6 is 0 Å². The molecule has 0 atom stereocenters. The maximum absolute atomic E-state index is 11.2. The van der Waals surface area contributed by atoms with E-state index in [9.17, 15) is 8.42 Å². The normalized spacial score (nSPS) is 11.4. The summed E-state index contributed by atoms with van der Waals surface area (Å²) in [5.74, 6) is 0.413. The Hall–Kier alpha value is -1.11. The molecule has 3 N–H and O–H groups in total. The van der Waals surface area contributed by atoms with Crippen molar-refractivity contribution in [3.8, 4) is 5.75 Å². The smallest absolute Gasteiger partial charge is 0.238 e. The van der Waals surface area contributed by atoms with Crippen LogP contribution in [0.5, 0.6) is 5.75 Å². The second-order valence-corrected chi connectivity index (χ2v) is 4.49. The summed E-state index contributed by atoms with van der Waals surface area (Å²) in [6.07, 6.45) is 0.190. The number of primary sulfonamides is 1. The third-order valence-electron chi connectivity index (χ3n) is 1.98. The fraction of sp³-hybridized carbons (Fsp3) is 0.333. The SMILES string of the molecule is COc1cccc(S(N)(=O)=O)c1CCO. The van der Waals surface area contributed by atoms with Crippen LogP contribution in [-0.2, 0) is 16.4 Å². The zero-order valence-electron chi connectivity index (χ0n) is 8.30. The van der Waals surface area contributed by atoms with Crippen LogP contribution in [0.25, 0.3) is 0 Å². The Bertz CT molecular complexity index is 441. The maximum atomic E-state index is 11.2. The van der Waals surface area contributed by atoms with Crippen molar-refractivity contribution in [2.75, 3.05) is 13.7 Å². The molecule has 0 radical (unpaired) electrons. The zero-order valence-corrected chi connectivity index (χ0v) is 9.12. The van der Waals surface area contributed by atoms with Gasteiger partial charge < -0.3 is 9.84 Å². The predicted octanol–water partition coefficient (Wildman–Crippen LogP) is -0.123. The molecule has 5 nitrogen and oxygen atoms in total. The van der Waals surface area contributed by atoms with Crippen LogP contribution in [0.1, 0.15) is 5.56 Å². The van der Waals surface area contributed by atoms with Gasteiger partial charge in [-0.15, -0.1) is 0 Å². The lowest BCUT2D eigenvalue weighted by Crippen LogP contribution is -2.15. The number of hydrogen-bond donors (Lipinski definition) is 2. The fourth-order valence-electron chi connectivity index (χ4n) is 1.36. The number of nitrogens with two attached hydrogens (primary N) is 1. The van der Waals surface area contributed by atoms with Gasteiger partial charge in [0.05, 0.1) is 12.0 Å². The van der Waals surface area contributed by atoms with Gasteiger partial charge in [0, 0.05) is 18.6 Å². The molecule has 1 aromatic rings. The molecule has 0 bridgehead atoms. The predicted molar refractivity (Wildman–Crippen MR) is 55.2 cm³/mol. The van der Waals surface area contributed by atoms with Gasteiger partial charge in [-0.25, -0.2) is 13.6 Å². The lowest BCUT2D eigenvalue weighted by molar-refractivity contribution is 0.295. The highest BCUT2D eigenvalue weighted by atomic mass is 32.2. The van der Waals surface area contributed by atoms with Gasteiger partial charge in [-0.3, -0.25) is 0 Å². The van der Waals surface area contributed by atoms with Crippen LogP contribution < -0.4 is 9.88 Å². The highest BCUT2D eigenvalue weighted by Gasteiger charge is 2.16. The average molecular weight is 231 g/mol. The summed E-state index contributed by atoms with van der Waals surface area (Å²) in [5.41, 5.74) is 0.407. The number of benzene rings is 1. The van der Waals surface area contributed by atoms with E-state index in [2.05, 4.69) is 0 Å². The molecule has 6 heteroatoms. The van der Waals surface area contributed by atoms with Crippen molar-refractivity contribution in [1.82, 2.24) is 0 Å². The monoisotopic (exact) mass is 231 g/mol. The number of hydrogen-bond acceptors (Lipinski definition) is 4. The molecule has 0 aromatic heterocycles. The van der Waals surface area contributed by atoms with Crippen LogP contribution in [0.3, 0.4) is 0 Å². The highest BCUT2D eigenvalue weighted by Crippen LogP contribution is 2.25. The van der Waals surface area contributed by atoms with E-state index in [1.807, 2.05) is 0 Å². The van der Waals surface area contributed by atoms with Crippen LogP contribution in [0.2, 0.25) is 0 Å². The number of methoxy groups -OCH3 is 1. The Morgan fingerprint density at radius 2 is 2.13 bits per heavy atom. The van der Waals surface area contributed by atoms with E-state index in [1.165, 1.54) is 13.2 Å². The third-order valence-corrected chi connectivity index (χ3v) is 2.97. The molecule has 0 aliphatic heterocycles. The number of ether oxygens (including phenoxy) is 1. The molecule has 84 valence electrons. The van der Waals surface area contributed by atoms with Gasteiger partial charge in [0.2, 0.25) is 10.0 Å². The minimum atomic E-state index is -3.78. The standard InChI is InChI=1S/C9H13NO4S/c1-14-8-3-2-4-9(15(10,12)13)7(8)5-6-11/h2-4,11H,5-6H2,1H3,(H2,10,12,13). The molecule has 0 saturated heterocycles. The third kappa shape index (κ3) is 2.68. The Balaban J connectivity index is 3.38. The van der Waals surface area contributed by atoms with Gasteiger partial charge in [0.1, 0.15) is 5.75 Å². The van der Waals surface area contributed by atoms with Crippen molar-refractivity contribution < 1.29 is 18.3 Å². The van der Waals surface area contributed by atoms with Crippen molar-refractivity contribution >= 4 is 10.0 Å². The first-order valence-electron chi connectivity index (χ1n) is 4.30. The Morgan fingerprint density at radius 1 is 1.47 bits per heavy atom. The Labute approximate surface area is 88.5 Å². The summed E-state index contributed by atoms with van der Waals surface area (Å²) in [4.78, 5) is -0.00380. The van der Waals surface area contributed by atoms with Crippen LogP contribution in [0.4, 0.5) is 0 Å². The molecular formula is C9H13NO4S. The number of aliphatic hydroxyl groups excluding tert-OH is 1. The molecule has 1 aromatic carbocycles. The number of sulfonamides is 1. The van der Waals surface area contributed by atoms with E-state index in [1.54, 1.807) is 12.1 Å². The minimum absolute atomic E-state index is 0.00380. The molecule has 0 aliphatic rings. The summed E-state index contributed by atoms with van der Waals surface area (Å²) in [7, 11) is -2.35. The molecule has 1 rings (SSSR count). The van der Waals surface area contributed by atoms with Gasteiger partial charge in [0.25, 0.3) is 0 Å². The van der Waals surface area contributed by atoms with Crippen molar-refractivity contribution in [2.45, 2.75) is 11.3 Å². The van der Waals surface area contributed by atoms with Crippen LogP contribution in [0.15, 0.2) is 23.1 Å². The summed E-state index contributed by atoms with van der Waals surface area (Å²) >= 11 is 0. The van der Waals surface area contributed by atoms with Crippen molar-refractivity contribution in [2.24, 2.45) is 5.14 Å². The lowest BCUT2D eigenvalue weighted by atomic mass is 10.1. The molecule has 15 heavy (non-hydrogen) atoms. The molecule has 0 amide bonds. The minimum Gasteiger partial charge on any atom is -0.496 e. The second kappa shape index (κ2) is 4.61. The molecule has 0 unspecified atom stereocenters. The number of aliphatic hydroxyl groups is 1. The van der Waals surface area contributed by atoms with E-state index in [0.717, 1.165) is 0 Å². The lowest BCUT2D eigenvalue weighted by Gasteiger charge is -2.11. The average Bonchev–Trinajstić information content (AvgIpc) is 2.17. The van der Waals surface area contributed by atoms with E-state index in [0.29, 0.717) is 11.3 Å². The Morgan fingerprint density at radius 3 is 2.60 bits per heavy atom. The molecule has 0 spiro atoms. The van der Waals surface area contributed by atoms with Crippen LogP contribution in [-0.4, -0.2) is 27.2 Å². The Kier molecular flexibility index (Phi) is 3.67. The van der Waals surface area contributed by atoms with E-state index >= 15 is 0 Å². The fourth-order valence-corrected chi connectivity index (χ4v) is 2.18. The summed E-state index contributed by atoms with van der Waals surface area (Å²) in [6.45, 7) is -0.164. The van der Waals surface area contributed by atoms with Crippen LogP contribution in [0, 0.1) is 0 Å². The van der Waals surface area contributed by atoms with Crippen molar-refractivity contribution in [3.63, 3.8) is 0 Å². The molecule has 0 aliphatic carbocycles. The number of rotatable bonds is 4. The topological polar surface area (TPSA) is 89.6 Å². The van der Waals surface area contributed by atoms with Gasteiger partial charge in [0.15, 0.2) is 0 Å². The summed E-state index contributed by atoms with van der Waals surface area (Å²) in [5, 5.41) is 13.9. The summed E-state index contributed by atoms with van der Waals surface area (Å²) < 4.78 is 27.5. The quantitative estimate of drug-likeness (QED) is 0.755. The molecule has 0 saturated carbocycles. The molecule has 0 heterocycles. The maximum Gasteiger partial charge on any atom is 0.238 e. The molecular weight excluding hydrogens is 218 g/mol. The van der Waals surface area contributed by atoms with E-state index in [4.69, 9.17) is 15.0 Å². The largest absolute Gasteiger partial charge is 0.496 e. The molecule has 0 fully saturated rings. The van der Waals surface area contributed by atoms with Gasteiger partial charge in [-0.05, 0) is 12.1 Å². The first-order valence-corrected chi connectivity index (χ1v) is 5.85. The van der Waals surface area contributed by atoms with Gasteiger partial charge in [-0.2, -0.15) is 0 Å². The van der Waals surface area contributed by atoms with Crippen molar-refractivity contribution in [1.29, 1.82) is 0 Å². The second-order valence-electron chi connectivity index (χ2n) is 2.96. The summed E-state index contributed by atoms with van der Waals surface area (Å²) in [6, 6.07) is 4.56.